The number of allylic oxidation sites excluding steroid dienone is 2. The molecular weight excluding hydrogens is 376 g/mol. The summed E-state index contributed by atoms with van der Waals surface area (Å²) >= 11 is 1.56. The Bertz CT molecular complexity index is 900. The largest absolute Gasteiger partial charge is 0.351 e. The van der Waals surface area contributed by atoms with E-state index in [2.05, 4.69) is 16.8 Å². The Morgan fingerprint density at radius 1 is 1.14 bits per heavy atom. The molecule has 1 aromatic rings. The minimum atomic E-state index is -0.329. The quantitative estimate of drug-likeness (QED) is 0.606. The van der Waals surface area contributed by atoms with Gasteiger partial charge in [-0.1, -0.05) is 30.5 Å². The van der Waals surface area contributed by atoms with Crippen molar-refractivity contribution in [3.63, 3.8) is 0 Å². The van der Waals surface area contributed by atoms with E-state index in [0.29, 0.717) is 18.7 Å². The second-order valence-electron chi connectivity index (χ2n) is 6.50. The van der Waals surface area contributed by atoms with Crippen LogP contribution in [0.3, 0.4) is 0 Å². The van der Waals surface area contributed by atoms with Crippen LogP contribution in [0.1, 0.15) is 6.92 Å². The molecule has 0 atom stereocenters. The second-order valence-corrected chi connectivity index (χ2v) is 7.56. The van der Waals surface area contributed by atoms with Gasteiger partial charge in [-0.3, -0.25) is 24.4 Å². The van der Waals surface area contributed by atoms with E-state index in [9.17, 15) is 14.4 Å². The lowest BCUT2D eigenvalue weighted by Crippen LogP contribution is -2.33. The van der Waals surface area contributed by atoms with E-state index in [4.69, 9.17) is 0 Å². The van der Waals surface area contributed by atoms with Crippen molar-refractivity contribution in [1.82, 2.24) is 15.3 Å². The average Bonchev–Trinajstić information content (AvgIpc) is 3.11. The molecule has 7 nitrogen and oxygen atoms in total. The molecule has 0 aliphatic carbocycles. The van der Waals surface area contributed by atoms with Crippen LogP contribution in [-0.4, -0.2) is 54.9 Å². The Morgan fingerprint density at radius 3 is 2.43 bits per heavy atom. The van der Waals surface area contributed by atoms with Crippen LogP contribution in [-0.2, 0) is 14.4 Å². The number of hydrazine groups is 1. The summed E-state index contributed by atoms with van der Waals surface area (Å²) in [6.45, 7) is 6.30. The molecule has 1 N–H and O–H groups in total. The third-order valence-electron chi connectivity index (χ3n) is 4.54. The van der Waals surface area contributed by atoms with Crippen molar-refractivity contribution >= 4 is 35.2 Å². The number of thioether (sulfide) groups is 1. The molecular formula is C20H22N4O3S. The third kappa shape index (κ3) is 3.68. The second kappa shape index (κ2) is 7.93. The molecule has 28 heavy (non-hydrogen) atoms. The molecule has 0 aromatic heterocycles. The molecule has 8 heteroatoms. The number of hydrogen-bond acceptors (Lipinski definition) is 5. The number of benzene rings is 1. The Hall–Kier alpha value is -3.00. The molecule has 1 saturated heterocycles. The van der Waals surface area contributed by atoms with Crippen LogP contribution in [0.25, 0.3) is 0 Å². The van der Waals surface area contributed by atoms with E-state index in [1.54, 1.807) is 44.9 Å². The number of para-hydroxylation sites is 1. The van der Waals surface area contributed by atoms with Crippen LogP contribution in [0.15, 0.2) is 64.1 Å². The molecule has 146 valence electrons. The lowest BCUT2D eigenvalue weighted by atomic mass is 10.2. The van der Waals surface area contributed by atoms with Gasteiger partial charge in [-0.15, -0.1) is 0 Å². The number of carbonyl (C=O) groups is 3. The number of fused-ring (bicyclic) bond motifs is 1. The molecule has 3 rings (SSSR count). The highest BCUT2D eigenvalue weighted by Gasteiger charge is 2.35. The normalized spacial score (nSPS) is 17.5. The van der Waals surface area contributed by atoms with E-state index in [-0.39, 0.29) is 23.3 Å². The zero-order valence-corrected chi connectivity index (χ0v) is 16.9. The van der Waals surface area contributed by atoms with Crippen molar-refractivity contribution in [1.29, 1.82) is 0 Å². The lowest BCUT2D eigenvalue weighted by molar-refractivity contribution is -0.141. The van der Waals surface area contributed by atoms with Gasteiger partial charge in [0.2, 0.25) is 5.91 Å². The fraction of sp³-hybridized carbons (Fsp3) is 0.250. The van der Waals surface area contributed by atoms with Gasteiger partial charge in [0, 0.05) is 37.7 Å². The number of anilines is 1. The molecule has 3 amide bonds. The van der Waals surface area contributed by atoms with Gasteiger partial charge >= 0.3 is 0 Å². The molecule has 2 heterocycles. The van der Waals surface area contributed by atoms with E-state index >= 15 is 0 Å². The van der Waals surface area contributed by atoms with Gasteiger partial charge in [0.25, 0.3) is 11.8 Å². The number of likely N-dealkylation sites (N-methyl/N-ethyl adjacent to an activating group) is 2. The Kier molecular flexibility index (Phi) is 5.60. The number of amides is 3. The molecule has 1 fully saturated rings. The van der Waals surface area contributed by atoms with Gasteiger partial charge < -0.3 is 10.2 Å². The van der Waals surface area contributed by atoms with E-state index in [1.807, 2.05) is 24.3 Å². The number of rotatable bonds is 5. The first-order valence-electron chi connectivity index (χ1n) is 8.77. The summed E-state index contributed by atoms with van der Waals surface area (Å²) in [5, 5.41) is 6.29. The predicted octanol–water partition coefficient (Wildman–Crippen LogP) is 1.90. The first-order chi connectivity index (χ1) is 13.3. The lowest BCUT2D eigenvalue weighted by Gasteiger charge is -2.20. The first kappa shape index (κ1) is 19.8. The van der Waals surface area contributed by atoms with Crippen molar-refractivity contribution < 1.29 is 14.4 Å². The van der Waals surface area contributed by atoms with Crippen LogP contribution >= 0.6 is 11.8 Å². The van der Waals surface area contributed by atoms with E-state index in [0.717, 1.165) is 15.6 Å². The van der Waals surface area contributed by atoms with Crippen LogP contribution in [0.2, 0.25) is 0 Å². The predicted molar refractivity (Wildman–Crippen MR) is 109 cm³/mol. The van der Waals surface area contributed by atoms with Crippen LogP contribution in [0.5, 0.6) is 0 Å². The standard InChI is InChI=1S/C20H22N4O3S/c1-13(2)18(25)21-11-12-24-15-7-5-6-8-16(15)28-17(24)10-9-14-19(26)22(3)23(4)20(14)27/h5-10H,1,11-12H2,2-4H3,(H,21,25). The van der Waals surface area contributed by atoms with Gasteiger partial charge in [-0.05, 0) is 31.2 Å². The maximum atomic E-state index is 12.2. The summed E-state index contributed by atoms with van der Waals surface area (Å²) in [7, 11) is 3.12. The monoisotopic (exact) mass is 398 g/mol. The van der Waals surface area contributed by atoms with E-state index < -0.39 is 0 Å². The molecule has 1 aromatic carbocycles. The van der Waals surface area contributed by atoms with Gasteiger partial charge in [-0.2, -0.15) is 0 Å². The zero-order chi connectivity index (χ0) is 20.4. The van der Waals surface area contributed by atoms with Crippen molar-refractivity contribution in [3.8, 4) is 0 Å². The highest BCUT2D eigenvalue weighted by Crippen LogP contribution is 2.45. The smallest absolute Gasteiger partial charge is 0.277 e. The summed E-state index contributed by atoms with van der Waals surface area (Å²) in [6, 6.07) is 7.93. The molecule has 0 radical (unpaired) electrons. The zero-order valence-electron chi connectivity index (χ0n) is 16.1. The van der Waals surface area contributed by atoms with Crippen LogP contribution in [0, 0.1) is 0 Å². The maximum Gasteiger partial charge on any atom is 0.277 e. The molecule has 0 saturated carbocycles. The highest BCUT2D eigenvalue weighted by atomic mass is 32.2. The van der Waals surface area contributed by atoms with Crippen molar-refractivity contribution in [2.75, 3.05) is 32.1 Å². The average molecular weight is 398 g/mol. The number of nitrogens with zero attached hydrogens (tertiary/aromatic N) is 3. The Morgan fingerprint density at radius 2 is 1.79 bits per heavy atom. The minimum absolute atomic E-state index is 0.129. The summed E-state index contributed by atoms with van der Waals surface area (Å²) in [6.07, 6.45) is 3.35. The summed E-state index contributed by atoms with van der Waals surface area (Å²) in [5.41, 5.74) is 1.62. The van der Waals surface area contributed by atoms with Gasteiger partial charge in [0.05, 0.1) is 10.7 Å². The van der Waals surface area contributed by atoms with Gasteiger partial charge in [-0.25, -0.2) is 0 Å². The summed E-state index contributed by atoms with van der Waals surface area (Å²) in [5.74, 6) is -0.837. The highest BCUT2D eigenvalue weighted by molar-refractivity contribution is 8.03. The third-order valence-corrected chi connectivity index (χ3v) is 5.67. The van der Waals surface area contributed by atoms with Gasteiger partial charge in [0.15, 0.2) is 0 Å². The Labute approximate surface area is 168 Å². The SMILES string of the molecule is C=C(C)C(=O)NCCN1C(=CC=C2C(=O)N(C)N(C)C2=O)Sc2ccccc21. The fourth-order valence-corrected chi connectivity index (χ4v) is 3.94. The fourth-order valence-electron chi connectivity index (χ4n) is 2.85. The number of hydrogen-bond donors (Lipinski definition) is 1. The van der Waals surface area contributed by atoms with Crippen molar-refractivity contribution in [2.45, 2.75) is 11.8 Å². The van der Waals surface area contributed by atoms with Crippen molar-refractivity contribution in [3.05, 3.63) is 59.2 Å². The number of carbonyl (C=O) groups excluding carboxylic acids is 3. The van der Waals surface area contributed by atoms with Crippen molar-refractivity contribution in [2.24, 2.45) is 0 Å². The Balaban J connectivity index is 1.83. The molecule has 0 bridgehead atoms. The van der Waals surface area contributed by atoms with Crippen LogP contribution < -0.4 is 10.2 Å². The topological polar surface area (TPSA) is 73.0 Å². The molecule has 0 unspecified atom stereocenters. The van der Waals surface area contributed by atoms with Crippen LogP contribution in [0.4, 0.5) is 5.69 Å². The maximum absolute atomic E-state index is 12.2. The summed E-state index contributed by atoms with van der Waals surface area (Å²) < 4.78 is 0. The molecule has 0 spiro atoms. The summed E-state index contributed by atoms with van der Waals surface area (Å²) in [4.78, 5) is 39.3. The molecule has 2 aliphatic heterocycles. The number of nitrogens with one attached hydrogen (secondary N) is 1. The first-order valence-corrected chi connectivity index (χ1v) is 9.59. The van der Waals surface area contributed by atoms with E-state index in [1.165, 1.54) is 10.0 Å². The minimum Gasteiger partial charge on any atom is -0.351 e. The van der Waals surface area contributed by atoms with Gasteiger partial charge in [0.1, 0.15) is 5.57 Å². The molecule has 2 aliphatic rings.